The maximum Gasteiger partial charge on any atom is 0.137 e. The van der Waals surface area contributed by atoms with E-state index in [2.05, 4.69) is 4.98 Å². The van der Waals surface area contributed by atoms with E-state index in [1.54, 1.807) is 30.6 Å². The molecular formula is C22H19Cl2NO2. The van der Waals surface area contributed by atoms with Crippen LogP contribution in [0.25, 0.3) is 0 Å². The standard InChI is InChI=1S/C22H19Cl2NO2/c23-19-11-20(24)13-22(12-19)27-15-18-5-3-16(4-6-18)10-21(26)8-7-17-2-1-9-25-14-17/h1-6,9,11-14H,7-8,10,15H2. The fourth-order valence-corrected chi connectivity index (χ4v) is 3.18. The van der Waals surface area contributed by atoms with Crippen molar-refractivity contribution in [3.05, 3.63) is 93.7 Å². The summed E-state index contributed by atoms with van der Waals surface area (Å²) in [7, 11) is 0. The molecule has 138 valence electrons. The fraction of sp³-hybridized carbons (Fsp3) is 0.182. The molecule has 27 heavy (non-hydrogen) atoms. The van der Waals surface area contributed by atoms with Crippen LogP contribution in [-0.2, 0) is 24.2 Å². The molecule has 0 aliphatic rings. The molecule has 1 aromatic heterocycles. The third-order valence-electron chi connectivity index (χ3n) is 4.08. The van der Waals surface area contributed by atoms with Crippen molar-refractivity contribution in [1.29, 1.82) is 0 Å². The summed E-state index contributed by atoms with van der Waals surface area (Å²) in [5.41, 5.74) is 3.10. The second-order valence-electron chi connectivity index (χ2n) is 6.29. The average Bonchev–Trinajstić information content (AvgIpc) is 2.66. The van der Waals surface area contributed by atoms with Gasteiger partial charge in [0.2, 0.25) is 0 Å². The van der Waals surface area contributed by atoms with Gasteiger partial charge in [0, 0.05) is 35.3 Å². The summed E-state index contributed by atoms with van der Waals surface area (Å²) in [6.07, 6.45) is 5.21. The molecule has 0 radical (unpaired) electrons. The van der Waals surface area contributed by atoms with Gasteiger partial charge in [0.05, 0.1) is 0 Å². The predicted molar refractivity (Wildman–Crippen MR) is 109 cm³/mol. The van der Waals surface area contributed by atoms with Crippen molar-refractivity contribution in [2.75, 3.05) is 0 Å². The summed E-state index contributed by atoms with van der Waals surface area (Å²) in [5.74, 6) is 0.846. The number of halogens is 2. The molecule has 0 aliphatic heterocycles. The minimum Gasteiger partial charge on any atom is -0.489 e. The number of pyridine rings is 1. The second-order valence-corrected chi connectivity index (χ2v) is 7.16. The maximum atomic E-state index is 12.2. The number of Topliss-reactive ketones (excluding diaryl/α,β-unsaturated/α-hetero) is 1. The topological polar surface area (TPSA) is 39.2 Å². The van der Waals surface area contributed by atoms with E-state index in [-0.39, 0.29) is 5.78 Å². The van der Waals surface area contributed by atoms with E-state index in [0.29, 0.717) is 35.2 Å². The van der Waals surface area contributed by atoms with Crippen molar-refractivity contribution in [2.45, 2.75) is 25.9 Å². The number of aromatic nitrogens is 1. The van der Waals surface area contributed by atoms with Crippen molar-refractivity contribution < 1.29 is 9.53 Å². The Balaban J connectivity index is 1.48. The smallest absolute Gasteiger partial charge is 0.137 e. The lowest BCUT2D eigenvalue weighted by molar-refractivity contribution is -0.118. The molecule has 0 aliphatic carbocycles. The van der Waals surface area contributed by atoms with E-state index in [9.17, 15) is 4.79 Å². The zero-order valence-corrected chi connectivity index (χ0v) is 16.2. The molecule has 5 heteroatoms. The molecule has 0 saturated heterocycles. The molecular weight excluding hydrogens is 381 g/mol. The van der Waals surface area contributed by atoms with Crippen LogP contribution in [0.3, 0.4) is 0 Å². The van der Waals surface area contributed by atoms with E-state index < -0.39 is 0 Å². The van der Waals surface area contributed by atoms with Crippen molar-refractivity contribution >= 4 is 29.0 Å². The van der Waals surface area contributed by atoms with E-state index in [0.717, 1.165) is 23.1 Å². The predicted octanol–water partition coefficient (Wildman–Crippen LogP) is 5.71. The summed E-state index contributed by atoms with van der Waals surface area (Å²) >= 11 is 11.9. The van der Waals surface area contributed by atoms with Gasteiger partial charge in [-0.2, -0.15) is 0 Å². The van der Waals surface area contributed by atoms with Crippen molar-refractivity contribution in [3.8, 4) is 5.75 Å². The summed E-state index contributed by atoms with van der Waals surface area (Å²) in [4.78, 5) is 16.2. The number of nitrogens with zero attached hydrogens (tertiary/aromatic N) is 1. The Morgan fingerprint density at radius 3 is 2.30 bits per heavy atom. The van der Waals surface area contributed by atoms with E-state index in [1.165, 1.54) is 0 Å². The quantitative estimate of drug-likeness (QED) is 0.486. The van der Waals surface area contributed by atoms with Crippen LogP contribution >= 0.6 is 23.2 Å². The second kappa shape index (κ2) is 9.54. The summed E-state index contributed by atoms with van der Waals surface area (Å²) in [6.45, 7) is 0.409. The molecule has 3 aromatic rings. The van der Waals surface area contributed by atoms with E-state index in [4.69, 9.17) is 27.9 Å². The van der Waals surface area contributed by atoms with Gasteiger partial charge in [0.1, 0.15) is 18.1 Å². The number of hydrogen-bond donors (Lipinski definition) is 0. The Morgan fingerprint density at radius 1 is 0.926 bits per heavy atom. The number of rotatable bonds is 8. The van der Waals surface area contributed by atoms with Gasteiger partial charge in [-0.3, -0.25) is 9.78 Å². The van der Waals surface area contributed by atoms with Crippen LogP contribution in [0.4, 0.5) is 0 Å². The number of ether oxygens (including phenoxy) is 1. The minimum atomic E-state index is 0.219. The van der Waals surface area contributed by atoms with Crippen LogP contribution in [0.15, 0.2) is 67.0 Å². The van der Waals surface area contributed by atoms with Crippen LogP contribution in [0.5, 0.6) is 5.75 Å². The third-order valence-corrected chi connectivity index (χ3v) is 4.52. The first kappa shape index (κ1) is 19.4. The highest BCUT2D eigenvalue weighted by molar-refractivity contribution is 6.34. The molecule has 3 nitrogen and oxygen atoms in total. The Bertz CT molecular complexity index is 876. The van der Waals surface area contributed by atoms with Gasteiger partial charge in [-0.1, -0.05) is 53.5 Å². The number of benzene rings is 2. The third kappa shape index (κ3) is 6.38. The first-order valence-corrected chi connectivity index (χ1v) is 9.41. The molecule has 0 saturated carbocycles. The first-order chi connectivity index (χ1) is 13.1. The molecule has 0 atom stereocenters. The summed E-state index contributed by atoms with van der Waals surface area (Å²) < 4.78 is 5.72. The zero-order chi connectivity index (χ0) is 19.1. The molecule has 0 bridgehead atoms. The minimum absolute atomic E-state index is 0.219. The molecule has 0 spiro atoms. The Labute approximate surface area is 168 Å². The fourth-order valence-electron chi connectivity index (χ4n) is 2.68. The lowest BCUT2D eigenvalue weighted by Crippen LogP contribution is -2.05. The lowest BCUT2D eigenvalue weighted by Gasteiger charge is -2.08. The molecule has 2 aromatic carbocycles. The Kier molecular flexibility index (Phi) is 6.86. The van der Waals surface area contributed by atoms with Gasteiger partial charge in [-0.25, -0.2) is 0 Å². The van der Waals surface area contributed by atoms with Crippen LogP contribution < -0.4 is 4.74 Å². The van der Waals surface area contributed by atoms with Gasteiger partial charge in [-0.05, 0) is 47.4 Å². The van der Waals surface area contributed by atoms with E-state index >= 15 is 0 Å². The summed E-state index contributed by atoms with van der Waals surface area (Å²) in [5, 5.41) is 1.08. The number of carbonyl (C=O) groups is 1. The number of ketones is 1. The SMILES string of the molecule is O=C(CCc1cccnc1)Cc1ccc(COc2cc(Cl)cc(Cl)c2)cc1. The van der Waals surface area contributed by atoms with Crippen LogP contribution in [0.2, 0.25) is 10.0 Å². The molecule has 3 rings (SSSR count). The van der Waals surface area contributed by atoms with Gasteiger partial charge in [-0.15, -0.1) is 0 Å². The van der Waals surface area contributed by atoms with Gasteiger partial charge in [0.25, 0.3) is 0 Å². The average molecular weight is 400 g/mol. The Hall–Kier alpha value is -2.36. The molecule has 0 N–H and O–H groups in total. The zero-order valence-electron chi connectivity index (χ0n) is 14.7. The summed E-state index contributed by atoms with van der Waals surface area (Å²) in [6, 6.07) is 16.9. The highest BCUT2D eigenvalue weighted by Gasteiger charge is 2.06. The normalized spacial score (nSPS) is 10.6. The number of hydrogen-bond acceptors (Lipinski definition) is 3. The van der Waals surface area contributed by atoms with Crippen LogP contribution in [-0.4, -0.2) is 10.8 Å². The molecule has 0 unspecified atom stereocenters. The van der Waals surface area contributed by atoms with Gasteiger partial charge >= 0.3 is 0 Å². The lowest BCUT2D eigenvalue weighted by atomic mass is 10.0. The molecule has 0 amide bonds. The van der Waals surface area contributed by atoms with Crippen molar-refractivity contribution in [1.82, 2.24) is 4.98 Å². The maximum absolute atomic E-state index is 12.2. The number of carbonyl (C=O) groups excluding carboxylic acids is 1. The highest BCUT2D eigenvalue weighted by atomic mass is 35.5. The molecule has 0 fully saturated rings. The van der Waals surface area contributed by atoms with Crippen molar-refractivity contribution in [2.24, 2.45) is 0 Å². The van der Waals surface area contributed by atoms with E-state index in [1.807, 2.05) is 36.4 Å². The molecule has 1 heterocycles. The van der Waals surface area contributed by atoms with Gasteiger partial charge in [0.15, 0.2) is 0 Å². The van der Waals surface area contributed by atoms with Crippen LogP contribution in [0, 0.1) is 0 Å². The number of aryl methyl sites for hydroxylation is 1. The van der Waals surface area contributed by atoms with Crippen molar-refractivity contribution in [3.63, 3.8) is 0 Å². The largest absolute Gasteiger partial charge is 0.489 e. The highest BCUT2D eigenvalue weighted by Crippen LogP contribution is 2.24. The van der Waals surface area contributed by atoms with Crippen LogP contribution in [0.1, 0.15) is 23.1 Å². The van der Waals surface area contributed by atoms with Gasteiger partial charge < -0.3 is 4.74 Å². The first-order valence-electron chi connectivity index (χ1n) is 8.66. The Morgan fingerprint density at radius 2 is 1.63 bits per heavy atom. The monoisotopic (exact) mass is 399 g/mol.